The molecule has 0 atom stereocenters. The molecule has 0 saturated heterocycles. The molecular weight excluding hydrogens is 345 g/mol. The molecule has 1 aromatic rings. The van der Waals surface area contributed by atoms with Crippen molar-refractivity contribution < 1.29 is 30.6 Å². The van der Waals surface area contributed by atoms with Crippen molar-refractivity contribution in [3.63, 3.8) is 0 Å². The summed E-state index contributed by atoms with van der Waals surface area (Å²) in [6, 6.07) is 2.62. The summed E-state index contributed by atoms with van der Waals surface area (Å²) in [5.41, 5.74) is -4.87. The van der Waals surface area contributed by atoms with Gasteiger partial charge >= 0.3 is 15.6 Å². The van der Waals surface area contributed by atoms with Crippen LogP contribution in [-0.2, 0) is 15.5 Å². The van der Waals surface area contributed by atoms with E-state index in [-0.39, 0.29) is 11.3 Å². The third kappa shape index (κ3) is 3.91. The lowest BCUT2D eigenvalue weighted by molar-refractivity contribution is -0.0500. The number of alkyl halides is 3. The van der Waals surface area contributed by atoms with Gasteiger partial charge in [-0.3, -0.25) is 4.79 Å². The maximum atomic E-state index is 12.4. The number of aryl methyl sites for hydroxylation is 1. The van der Waals surface area contributed by atoms with E-state index in [0.29, 0.717) is 24.0 Å². The van der Waals surface area contributed by atoms with E-state index in [1.54, 1.807) is 0 Å². The molecule has 2 rings (SSSR count). The number of fused-ring (bicyclic) bond motifs is 1. The van der Waals surface area contributed by atoms with Crippen molar-refractivity contribution in [3.8, 4) is 5.75 Å². The third-order valence-electron chi connectivity index (χ3n) is 3.80. The minimum absolute atomic E-state index is 0.109. The standard InChI is InChI=1S/C14H15F3O4S.C2H6/c1-8-6-9-10(13(2,3)5-4-11(9)18)7-12(8)21-22(19,20)14(15,16)17;1-2/h6-7H,4-5H2,1-3H3;1-2H3. The quantitative estimate of drug-likeness (QED) is 0.571. The summed E-state index contributed by atoms with van der Waals surface area (Å²) < 4.78 is 63.8. The summed E-state index contributed by atoms with van der Waals surface area (Å²) in [5.74, 6) is -0.512. The van der Waals surface area contributed by atoms with Gasteiger partial charge in [0.15, 0.2) is 5.78 Å². The Morgan fingerprint density at radius 3 is 2.21 bits per heavy atom. The molecule has 0 amide bonds. The topological polar surface area (TPSA) is 60.4 Å². The van der Waals surface area contributed by atoms with Gasteiger partial charge in [0.25, 0.3) is 0 Å². The highest BCUT2D eigenvalue weighted by molar-refractivity contribution is 7.88. The van der Waals surface area contributed by atoms with E-state index in [0.717, 1.165) is 0 Å². The molecule has 8 heteroatoms. The molecule has 0 spiro atoms. The highest BCUT2D eigenvalue weighted by Crippen LogP contribution is 2.40. The van der Waals surface area contributed by atoms with Crippen molar-refractivity contribution in [3.05, 3.63) is 28.8 Å². The van der Waals surface area contributed by atoms with Gasteiger partial charge in [-0.25, -0.2) is 0 Å². The van der Waals surface area contributed by atoms with Gasteiger partial charge in [-0.2, -0.15) is 21.6 Å². The van der Waals surface area contributed by atoms with E-state index in [9.17, 15) is 26.4 Å². The molecule has 1 aliphatic rings. The van der Waals surface area contributed by atoms with Crippen molar-refractivity contribution in [1.29, 1.82) is 0 Å². The van der Waals surface area contributed by atoms with Crippen LogP contribution < -0.4 is 4.18 Å². The zero-order chi connectivity index (χ0) is 18.9. The van der Waals surface area contributed by atoms with Crippen molar-refractivity contribution >= 4 is 15.9 Å². The number of benzene rings is 1. The van der Waals surface area contributed by atoms with Crippen molar-refractivity contribution in [2.24, 2.45) is 0 Å². The Kier molecular flexibility index (Phi) is 5.75. The molecule has 0 fully saturated rings. The van der Waals surface area contributed by atoms with Crippen LogP contribution >= 0.6 is 0 Å². The molecule has 136 valence electrons. The van der Waals surface area contributed by atoms with Crippen LogP contribution in [0, 0.1) is 6.92 Å². The van der Waals surface area contributed by atoms with Gasteiger partial charge in [0.2, 0.25) is 0 Å². The second kappa shape index (κ2) is 6.74. The SMILES string of the molecule is CC.Cc1cc2c(cc1OS(=O)(=O)C(F)(F)F)C(C)(C)CCC2=O. The van der Waals surface area contributed by atoms with Crippen LogP contribution in [0.2, 0.25) is 0 Å². The van der Waals surface area contributed by atoms with E-state index in [1.165, 1.54) is 19.1 Å². The minimum atomic E-state index is -5.74. The fraction of sp³-hybridized carbons (Fsp3) is 0.562. The number of halogens is 3. The molecular formula is C16H21F3O4S. The summed E-state index contributed by atoms with van der Waals surface area (Å²) >= 11 is 0. The van der Waals surface area contributed by atoms with E-state index in [2.05, 4.69) is 4.18 Å². The molecule has 0 radical (unpaired) electrons. The normalized spacial score (nSPS) is 16.8. The van der Waals surface area contributed by atoms with Crippen LogP contribution in [0.25, 0.3) is 0 Å². The van der Waals surface area contributed by atoms with Crippen molar-refractivity contribution in [2.75, 3.05) is 0 Å². The van der Waals surface area contributed by atoms with Crippen LogP contribution in [-0.4, -0.2) is 19.7 Å². The predicted molar refractivity (Wildman–Crippen MR) is 84.7 cm³/mol. The van der Waals surface area contributed by atoms with E-state index in [1.807, 2.05) is 27.7 Å². The second-order valence-electron chi connectivity index (χ2n) is 5.95. The predicted octanol–water partition coefficient (Wildman–Crippen LogP) is 4.50. The highest BCUT2D eigenvalue weighted by atomic mass is 32.2. The summed E-state index contributed by atoms with van der Waals surface area (Å²) in [7, 11) is -5.74. The van der Waals surface area contributed by atoms with Crippen LogP contribution in [0.5, 0.6) is 5.75 Å². The second-order valence-corrected chi connectivity index (χ2v) is 7.49. The first-order chi connectivity index (χ1) is 10.8. The van der Waals surface area contributed by atoms with E-state index < -0.39 is 26.8 Å². The minimum Gasteiger partial charge on any atom is -0.376 e. The Balaban J connectivity index is 0.00000139. The van der Waals surface area contributed by atoms with Crippen LogP contribution in [0.4, 0.5) is 13.2 Å². The fourth-order valence-corrected chi connectivity index (χ4v) is 2.94. The van der Waals surface area contributed by atoms with E-state index in [4.69, 9.17) is 0 Å². The number of hydrogen-bond donors (Lipinski definition) is 0. The van der Waals surface area contributed by atoms with Gasteiger partial charge in [0.1, 0.15) is 5.75 Å². The molecule has 0 unspecified atom stereocenters. The molecule has 0 heterocycles. The lowest BCUT2D eigenvalue weighted by atomic mass is 9.72. The number of carbonyl (C=O) groups excluding carboxylic acids is 1. The van der Waals surface area contributed by atoms with Crippen molar-refractivity contribution in [2.45, 2.75) is 58.4 Å². The Morgan fingerprint density at radius 1 is 1.17 bits per heavy atom. The van der Waals surface area contributed by atoms with Gasteiger partial charge in [0, 0.05) is 12.0 Å². The maximum Gasteiger partial charge on any atom is 0.534 e. The average molecular weight is 366 g/mol. The van der Waals surface area contributed by atoms with Gasteiger partial charge in [-0.1, -0.05) is 27.7 Å². The van der Waals surface area contributed by atoms with Gasteiger partial charge in [-0.05, 0) is 42.0 Å². The Morgan fingerprint density at radius 2 is 1.71 bits per heavy atom. The molecule has 0 aliphatic heterocycles. The van der Waals surface area contributed by atoms with Crippen LogP contribution in [0.15, 0.2) is 12.1 Å². The number of Topliss-reactive ketones (excluding diaryl/α,β-unsaturated/α-hetero) is 1. The molecule has 24 heavy (non-hydrogen) atoms. The molecule has 4 nitrogen and oxygen atoms in total. The van der Waals surface area contributed by atoms with Crippen molar-refractivity contribution in [1.82, 2.24) is 0 Å². The first-order valence-corrected chi connectivity index (χ1v) is 8.95. The molecule has 0 saturated carbocycles. The first kappa shape index (κ1) is 20.5. The van der Waals surface area contributed by atoms with Gasteiger partial charge < -0.3 is 4.18 Å². The smallest absolute Gasteiger partial charge is 0.376 e. The lowest BCUT2D eigenvalue weighted by Gasteiger charge is -2.32. The van der Waals surface area contributed by atoms with E-state index >= 15 is 0 Å². The molecule has 0 aromatic heterocycles. The molecule has 1 aliphatic carbocycles. The van der Waals surface area contributed by atoms with Crippen LogP contribution in [0.1, 0.15) is 62.0 Å². The maximum absolute atomic E-state index is 12.4. The largest absolute Gasteiger partial charge is 0.534 e. The van der Waals surface area contributed by atoms with Crippen LogP contribution in [0.3, 0.4) is 0 Å². The Bertz CT molecular complexity index is 734. The summed E-state index contributed by atoms with van der Waals surface area (Å²) in [6.07, 6.45) is 0.883. The van der Waals surface area contributed by atoms with Gasteiger partial charge in [-0.15, -0.1) is 0 Å². The lowest BCUT2D eigenvalue weighted by Crippen LogP contribution is -2.30. The Hall–Kier alpha value is -1.57. The molecule has 1 aromatic carbocycles. The third-order valence-corrected chi connectivity index (χ3v) is 4.77. The number of carbonyl (C=O) groups is 1. The summed E-state index contributed by atoms with van der Waals surface area (Å²) in [4.78, 5) is 11.9. The fourth-order valence-electron chi connectivity index (χ4n) is 2.43. The summed E-state index contributed by atoms with van der Waals surface area (Å²) in [6.45, 7) is 9.09. The number of rotatable bonds is 2. The van der Waals surface area contributed by atoms with Gasteiger partial charge in [0.05, 0.1) is 0 Å². The highest BCUT2D eigenvalue weighted by Gasteiger charge is 2.49. The zero-order valence-electron chi connectivity index (χ0n) is 14.2. The molecule has 0 N–H and O–H groups in total. The Labute approximate surface area is 140 Å². The zero-order valence-corrected chi connectivity index (χ0v) is 15.1. The monoisotopic (exact) mass is 366 g/mol. The summed E-state index contributed by atoms with van der Waals surface area (Å²) in [5, 5.41) is 0. The molecule has 0 bridgehead atoms. The number of ketones is 1. The number of hydrogen-bond acceptors (Lipinski definition) is 4. The first-order valence-electron chi connectivity index (χ1n) is 7.54. The average Bonchev–Trinajstić information content (AvgIpc) is 2.46.